The van der Waals surface area contributed by atoms with E-state index >= 15 is 0 Å². The van der Waals surface area contributed by atoms with Gasteiger partial charge in [0.1, 0.15) is 40.8 Å². The molecular weight excluding hydrogens is 850 g/mol. The summed E-state index contributed by atoms with van der Waals surface area (Å²) < 4.78 is 7.99. The van der Waals surface area contributed by atoms with Gasteiger partial charge in [-0.1, -0.05) is 35.3 Å². The molecule has 314 valence electrons. The molecule has 0 saturated carbocycles. The Balaban J connectivity index is 0.859. The highest BCUT2D eigenvalue weighted by molar-refractivity contribution is 7.15. The third kappa shape index (κ3) is 10.0. The number of hydrogen-bond acceptors (Lipinski definition) is 12. The zero-order chi connectivity index (χ0) is 42.5. The number of ether oxygens (including phenoxy) is 1. The maximum Gasteiger partial charge on any atom is 0.322 e. The van der Waals surface area contributed by atoms with Crippen molar-refractivity contribution < 1.29 is 29.0 Å². The molecule has 1 fully saturated rings. The zero-order valence-electron chi connectivity index (χ0n) is 33.2. The lowest BCUT2D eigenvalue weighted by Crippen LogP contribution is -2.50. The van der Waals surface area contributed by atoms with Gasteiger partial charge in [0.2, 0.25) is 17.7 Å². The van der Waals surface area contributed by atoms with Gasteiger partial charge in [-0.05, 0) is 56.7 Å². The van der Waals surface area contributed by atoms with E-state index in [1.807, 2.05) is 52.8 Å². The van der Waals surface area contributed by atoms with Crippen molar-refractivity contribution in [1.82, 2.24) is 40.2 Å². The number of carboxylic acid groups (broad SMARTS) is 1. The van der Waals surface area contributed by atoms with Gasteiger partial charge in [-0.25, -0.2) is 4.98 Å². The van der Waals surface area contributed by atoms with Crippen molar-refractivity contribution in [2.24, 2.45) is 4.99 Å². The zero-order valence-corrected chi connectivity index (χ0v) is 36.3. The van der Waals surface area contributed by atoms with E-state index in [4.69, 9.17) is 38.0 Å². The number of rotatable bonds is 15. The van der Waals surface area contributed by atoms with Crippen LogP contribution in [0.3, 0.4) is 0 Å². The van der Waals surface area contributed by atoms with Crippen LogP contribution in [-0.4, -0.2) is 116 Å². The van der Waals surface area contributed by atoms with Crippen LogP contribution < -0.4 is 15.4 Å². The highest BCUT2D eigenvalue weighted by Gasteiger charge is 2.32. The maximum atomic E-state index is 13.4. The lowest BCUT2D eigenvalue weighted by atomic mass is 9.99. The molecule has 1 saturated heterocycles. The molecule has 19 heteroatoms. The van der Waals surface area contributed by atoms with E-state index in [-0.39, 0.29) is 37.6 Å². The molecule has 15 nitrogen and oxygen atoms in total. The Labute approximate surface area is 364 Å². The normalized spacial score (nSPS) is 15.1. The Hall–Kier alpha value is -5.20. The number of benzene rings is 2. The number of thiophene rings is 1. The number of carbonyl (C=O) groups excluding carboxylic acids is 3. The maximum absolute atomic E-state index is 13.4. The quantitative estimate of drug-likeness (QED) is 0.122. The fourth-order valence-electron chi connectivity index (χ4n) is 7.03. The van der Waals surface area contributed by atoms with Crippen LogP contribution in [0.5, 0.6) is 5.75 Å². The van der Waals surface area contributed by atoms with Crippen LogP contribution in [0.4, 0.5) is 0 Å². The van der Waals surface area contributed by atoms with E-state index < -0.39 is 24.5 Å². The molecule has 2 aliphatic rings. The number of halogens is 2. The number of aromatic nitrogens is 4. The lowest BCUT2D eigenvalue weighted by Gasteiger charge is -2.34. The minimum atomic E-state index is -1.11. The second kappa shape index (κ2) is 19.0. The summed E-state index contributed by atoms with van der Waals surface area (Å²) in [5.74, 6) is 0.136. The predicted octanol–water partition coefficient (Wildman–Crippen LogP) is 5.44. The molecule has 3 aromatic heterocycles. The summed E-state index contributed by atoms with van der Waals surface area (Å²) in [7, 11) is 0. The highest BCUT2D eigenvalue weighted by atomic mass is 35.5. The Kier molecular flexibility index (Phi) is 13.6. The number of aliphatic imine (C=N–C) groups is 1. The molecule has 5 aromatic rings. The minimum Gasteiger partial charge on any atom is -0.492 e. The number of carbonyl (C=O) groups is 4. The third-order valence-electron chi connectivity index (χ3n) is 10.3. The van der Waals surface area contributed by atoms with Gasteiger partial charge in [0, 0.05) is 77.7 Å². The van der Waals surface area contributed by atoms with Crippen LogP contribution in [0.1, 0.15) is 57.8 Å². The number of amides is 3. The van der Waals surface area contributed by atoms with Crippen LogP contribution in [0, 0.1) is 20.8 Å². The number of fused-ring (bicyclic) bond motifs is 3. The molecule has 0 unspecified atom stereocenters. The molecule has 2 aromatic carbocycles. The molecule has 1 atom stereocenters. The molecule has 0 aliphatic carbocycles. The van der Waals surface area contributed by atoms with Crippen molar-refractivity contribution in [3.05, 3.63) is 96.8 Å². The largest absolute Gasteiger partial charge is 0.492 e. The molecule has 0 spiro atoms. The average molecular weight is 893 g/mol. The Morgan fingerprint density at radius 2 is 1.73 bits per heavy atom. The number of nitrogens with one attached hydrogen (secondary N) is 2. The summed E-state index contributed by atoms with van der Waals surface area (Å²) in [5, 5.41) is 27.3. The van der Waals surface area contributed by atoms with Crippen LogP contribution in [0.25, 0.3) is 15.6 Å². The molecule has 7 rings (SSSR count). The Morgan fingerprint density at radius 3 is 2.47 bits per heavy atom. The molecule has 3 N–H and O–H groups in total. The smallest absolute Gasteiger partial charge is 0.322 e. The van der Waals surface area contributed by atoms with Gasteiger partial charge in [-0.2, -0.15) is 0 Å². The number of aliphatic carboxylic acids is 1. The first-order valence-corrected chi connectivity index (χ1v) is 21.8. The van der Waals surface area contributed by atoms with Crippen molar-refractivity contribution in [2.75, 3.05) is 52.4 Å². The summed E-state index contributed by atoms with van der Waals surface area (Å²) in [4.78, 5) is 64.1. The first-order chi connectivity index (χ1) is 28.8. The topological polar surface area (TPSA) is 184 Å². The summed E-state index contributed by atoms with van der Waals surface area (Å²) >= 11 is 15.8. The minimum absolute atomic E-state index is 0.0158. The Morgan fingerprint density at radius 1 is 0.967 bits per heavy atom. The van der Waals surface area contributed by atoms with Crippen LogP contribution in [0.2, 0.25) is 10.0 Å². The molecule has 3 amide bonds. The third-order valence-corrected chi connectivity index (χ3v) is 13.0. The molecule has 60 heavy (non-hydrogen) atoms. The average Bonchev–Trinajstić information content (AvgIpc) is 3.90. The van der Waals surface area contributed by atoms with E-state index in [1.165, 1.54) is 11.3 Å². The fourth-order valence-corrected chi connectivity index (χ4v) is 9.55. The van der Waals surface area contributed by atoms with Gasteiger partial charge in [0.25, 0.3) is 0 Å². The van der Waals surface area contributed by atoms with E-state index in [0.717, 1.165) is 32.3 Å². The van der Waals surface area contributed by atoms with Crippen molar-refractivity contribution in [3.8, 4) is 21.3 Å². The van der Waals surface area contributed by atoms with Crippen molar-refractivity contribution in [1.29, 1.82) is 0 Å². The van der Waals surface area contributed by atoms with Crippen LogP contribution in [-0.2, 0) is 25.6 Å². The van der Waals surface area contributed by atoms with Gasteiger partial charge in [-0.3, -0.25) is 33.6 Å². The van der Waals surface area contributed by atoms with E-state index in [9.17, 15) is 19.2 Å². The second-order valence-electron chi connectivity index (χ2n) is 14.4. The summed E-state index contributed by atoms with van der Waals surface area (Å²) in [6.07, 6.45) is 0.198. The predicted molar refractivity (Wildman–Crippen MR) is 231 cm³/mol. The molecule has 0 bridgehead atoms. The lowest BCUT2D eigenvalue weighted by molar-refractivity contribution is -0.137. The van der Waals surface area contributed by atoms with Gasteiger partial charge in [-0.15, -0.1) is 32.9 Å². The number of carboxylic acids is 1. The standard InChI is InChI=1S/C41H43Cl2N9O6S2/c1-23-24(2)60-41-37(23)38(26-4-6-27(42)7-5-26)47-32(39-49-48-25(3)52(39)41)20-34(54)44-11-10-35(55)51-14-12-50(13-15-51)16-17-58-29-8-9-30(31(43)19-29)40-46-28(22-59-40)18-33(53)45-21-36(56)57/h4-9,19,22,32H,10-18,20-21H2,1-3H3,(H,44,54)(H,45,53)(H,56,57)/t32-/m0/s1. The van der Waals surface area contributed by atoms with Gasteiger partial charge >= 0.3 is 5.97 Å². The SMILES string of the molecule is Cc1sc2c(c1C)C(c1ccc(Cl)cc1)=N[C@@H](CC(=O)NCCC(=O)N1CCN(CCOc3ccc(-c4nc(CC(=O)NCC(=O)O)cs4)c(Cl)c3)CC1)c1nnc(C)n1-2. The summed E-state index contributed by atoms with van der Waals surface area (Å²) in [6, 6.07) is 12.3. The monoisotopic (exact) mass is 891 g/mol. The number of thiazole rings is 1. The van der Waals surface area contributed by atoms with Gasteiger partial charge < -0.3 is 25.4 Å². The first kappa shape index (κ1) is 42.9. The summed E-state index contributed by atoms with van der Waals surface area (Å²) in [5.41, 5.74) is 5.00. The number of hydrogen-bond donors (Lipinski definition) is 3. The Bertz CT molecular complexity index is 2440. The van der Waals surface area contributed by atoms with Crippen LogP contribution >= 0.6 is 45.9 Å². The highest BCUT2D eigenvalue weighted by Crippen LogP contribution is 2.40. The number of piperazine rings is 1. The van der Waals surface area contributed by atoms with Crippen molar-refractivity contribution >= 4 is 75.3 Å². The second-order valence-corrected chi connectivity index (χ2v) is 17.3. The molecule has 5 heterocycles. The van der Waals surface area contributed by atoms with Crippen molar-refractivity contribution in [2.45, 2.75) is 46.1 Å². The molecule has 2 aliphatic heterocycles. The van der Waals surface area contributed by atoms with E-state index in [2.05, 4.69) is 44.6 Å². The van der Waals surface area contributed by atoms with Gasteiger partial charge in [0.05, 0.1) is 29.3 Å². The van der Waals surface area contributed by atoms with E-state index in [0.29, 0.717) is 83.0 Å². The van der Waals surface area contributed by atoms with Crippen LogP contribution in [0.15, 0.2) is 52.8 Å². The van der Waals surface area contributed by atoms with Crippen molar-refractivity contribution in [3.63, 3.8) is 0 Å². The first-order valence-electron chi connectivity index (χ1n) is 19.3. The van der Waals surface area contributed by atoms with E-state index in [1.54, 1.807) is 22.8 Å². The van der Waals surface area contributed by atoms with Gasteiger partial charge in [0.15, 0.2) is 5.82 Å². The summed E-state index contributed by atoms with van der Waals surface area (Å²) in [6.45, 7) is 9.47. The molecular formula is C41H43Cl2N9O6S2. The number of nitrogens with zero attached hydrogens (tertiary/aromatic N) is 7. The number of aryl methyl sites for hydroxylation is 2. The molecule has 0 radical (unpaired) electrons. The fraction of sp³-hybridized carbons (Fsp3) is 0.366.